The zero-order chi connectivity index (χ0) is 20.4. The number of rotatable bonds is 3. The van der Waals surface area contributed by atoms with Crippen LogP contribution in [-0.2, 0) is 75.2 Å². The van der Waals surface area contributed by atoms with Gasteiger partial charge >= 0.3 is 35.0 Å². The normalized spacial score (nSPS) is 10.3. The van der Waals surface area contributed by atoms with Crippen molar-refractivity contribution in [3.63, 3.8) is 0 Å². The van der Waals surface area contributed by atoms with Gasteiger partial charge in [-0.15, -0.1) is 0 Å². The molecule has 0 aromatic carbocycles. The Morgan fingerprint density at radius 3 is 0.680 bits per heavy atom. The fourth-order valence-corrected chi connectivity index (χ4v) is 1.29. The van der Waals surface area contributed by atoms with E-state index in [2.05, 4.69) is 12.5 Å². The summed E-state index contributed by atoms with van der Waals surface area (Å²) in [6.07, 6.45) is 0. The third kappa shape index (κ3) is 51.8. The molecule has 1 radical (unpaired) electrons. The Morgan fingerprint density at radius 2 is 0.680 bits per heavy atom. The molecule has 0 saturated carbocycles. The molecule has 0 rings (SSSR count). The van der Waals surface area contributed by atoms with Gasteiger partial charge in [-0.1, -0.05) is 0 Å². The molecule has 0 saturated heterocycles. The van der Waals surface area contributed by atoms with E-state index < -0.39 is 49.1 Å². The maximum atomic E-state index is 9.66. The van der Waals surface area contributed by atoms with E-state index in [1.165, 1.54) is 0 Å². The standard InChI is InChI=1S/3C2H4O5S.Fe/c3*1-2(3)7-8(4,5)6;/h3*1H3,(H,4,5,6);/q;;;+3/p-3. The third-order valence-electron chi connectivity index (χ3n) is 0.658. The second-order valence-corrected chi connectivity index (χ2v) is 5.90. The SMILES string of the molecule is CC(=O)OS(=O)(=O)[O-].CC(=O)OS(=O)(=O)[O-].CC(=O)OS(=O)(=O)[O-].[Fe+3]. The van der Waals surface area contributed by atoms with Crippen LogP contribution in [0.1, 0.15) is 20.8 Å². The second kappa shape index (κ2) is 12.9. The first kappa shape index (κ1) is 31.4. The van der Waals surface area contributed by atoms with Crippen molar-refractivity contribution in [3.05, 3.63) is 0 Å². The summed E-state index contributed by atoms with van der Waals surface area (Å²) in [5.74, 6) is -3.38. The minimum Gasteiger partial charge on any atom is -0.716 e. The zero-order valence-electron chi connectivity index (χ0n) is 12.2. The van der Waals surface area contributed by atoms with Gasteiger partial charge in [-0.05, 0) is 0 Å². The van der Waals surface area contributed by atoms with Gasteiger partial charge in [0.05, 0.1) is 0 Å². The van der Waals surface area contributed by atoms with Crippen LogP contribution in [0.4, 0.5) is 0 Å². The summed E-state index contributed by atoms with van der Waals surface area (Å²) in [5, 5.41) is 0. The van der Waals surface area contributed by atoms with Crippen molar-refractivity contribution in [2.24, 2.45) is 0 Å². The first-order valence-corrected chi connectivity index (χ1v) is 8.72. The average Bonchev–Trinajstić information content (AvgIpc) is 2.04. The van der Waals surface area contributed by atoms with E-state index in [-0.39, 0.29) is 17.1 Å². The van der Waals surface area contributed by atoms with Crippen LogP contribution in [0.5, 0.6) is 0 Å². The fraction of sp³-hybridized carbons (Fsp3) is 0.500. The molecule has 0 aliphatic carbocycles. The molecule has 0 N–H and O–H groups in total. The first-order valence-electron chi connectivity index (χ1n) is 4.72. The van der Waals surface area contributed by atoms with Crippen LogP contribution in [0.15, 0.2) is 0 Å². The Kier molecular flexibility index (Phi) is 16.3. The molecule has 19 heteroatoms. The smallest absolute Gasteiger partial charge is 0.716 e. The molecule has 0 heterocycles. The quantitative estimate of drug-likeness (QED) is 0.225. The molecule has 0 amide bonds. The van der Waals surface area contributed by atoms with Gasteiger partial charge in [0.2, 0.25) is 0 Å². The van der Waals surface area contributed by atoms with E-state index in [1.54, 1.807) is 0 Å². The summed E-state index contributed by atoms with van der Waals surface area (Å²) in [4.78, 5) is 29.0. The molecule has 15 nitrogen and oxygen atoms in total. The largest absolute Gasteiger partial charge is 3.00 e. The van der Waals surface area contributed by atoms with E-state index in [1.807, 2.05) is 0 Å². The van der Waals surface area contributed by atoms with Gasteiger partial charge in [-0.2, -0.15) is 0 Å². The Bertz CT molecular complexity index is 640. The van der Waals surface area contributed by atoms with E-state index >= 15 is 0 Å². The monoisotopic (exact) mass is 473 g/mol. The van der Waals surface area contributed by atoms with Crippen LogP contribution in [-0.4, -0.2) is 56.8 Å². The Balaban J connectivity index is -0.000000130. The van der Waals surface area contributed by atoms with Gasteiger partial charge in [-0.25, -0.2) is 25.3 Å². The van der Waals surface area contributed by atoms with Gasteiger partial charge < -0.3 is 26.2 Å². The van der Waals surface area contributed by atoms with Crippen molar-refractivity contribution in [1.29, 1.82) is 0 Å². The molecule has 0 unspecified atom stereocenters. The van der Waals surface area contributed by atoms with Gasteiger partial charge in [0.25, 0.3) is 31.2 Å². The summed E-state index contributed by atoms with van der Waals surface area (Å²) in [7, 11) is -14.5. The molecule has 0 bridgehead atoms. The topological polar surface area (TPSA) is 250 Å². The van der Waals surface area contributed by atoms with Crippen LogP contribution in [0.3, 0.4) is 0 Å². The predicted molar refractivity (Wildman–Crippen MR) is 64.4 cm³/mol. The molecule has 0 spiro atoms. The molecular weight excluding hydrogens is 464 g/mol. The third-order valence-corrected chi connectivity index (χ3v) is 1.97. The summed E-state index contributed by atoms with van der Waals surface area (Å²) >= 11 is 0. The summed E-state index contributed by atoms with van der Waals surface area (Å²) in [6, 6.07) is 0. The van der Waals surface area contributed by atoms with Gasteiger partial charge in [0.1, 0.15) is 0 Å². The average molecular weight is 473 g/mol. The molecular formula is C6H9FeO15S3. The van der Waals surface area contributed by atoms with Crippen molar-refractivity contribution >= 4 is 49.1 Å². The molecule has 0 atom stereocenters. The molecule has 0 aromatic rings. The van der Waals surface area contributed by atoms with Crippen LogP contribution in [0.2, 0.25) is 0 Å². The van der Waals surface area contributed by atoms with Crippen molar-refractivity contribution in [2.75, 3.05) is 0 Å². The fourth-order valence-electron chi connectivity index (χ4n) is 0.431. The molecule has 25 heavy (non-hydrogen) atoms. The van der Waals surface area contributed by atoms with Crippen LogP contribution in [0, 0.1) is 0 Å². The molecule has 0 aliphatic rings. The maximum absolute atomic E-state index is 9.66. The van der Waals surface area contributed by atoms with E-state index in [9.17, 15) is 53.3 Å². The second-order valence-electron chi connectivity index (χ2n) is 2.95. The van der Waals surface area contributed by atoms with Crippen molar-refractivity contribution in [1.82, 2.24) is 0 Å². The van der Waals surface area contributed by atoms with Crippen molar-refractivity contribution in [2.45, 2.75) is 20.8 Å². The molecule has 0 aliphatic heterocycles. The predicted octanol–water partition coefficient (Wildman–Crippen LogP) is -2.97. The Morgan fingerprint density at radius 1 is 0.560 bits per heavy atom. The minimum atomic E-state index is -4.82. The van der Waals surface area contributed by atoms with E-state index in [0.29, 0.717) is 0 Å². The van der Waals surface area contributed by atoms with Crippen LogP contribution in [0.25, 0.3) is 0 Å². The minimum absolute atomic E-state index is 0. The van der Waals surface area contributed by atoms with E-state index in [0.717, 1.165) is 20.8 Å². The molecule has 0 aromatic heterocycles. The number of carbonyl (C=O) groups is 3. The van der Waals surface area contributed by atoms with E-state index in [4.69, 9.17) is 0 Å². The van der Waals surface area contributed by atoms with Gasteiger partial charge in [-0.3, -0.25) is 14.4 Å². The summed E-state index contributed by atoms with van der Waals surface area (Å²) in [5.41, 5.74) is 0. The Hall–Kier alpha value is -1.34. The number of hydrogen-bond donors (Lipinski definition) is 0. The number of carbonyl (C=O) groups excluding carboxylic acids is 3. The van der Waals surface area contributed by atoms with Crippen molar-refractivity contribution in [3.8, 4) is 0 Å². The summed E-state index contributed by atoms with van der Waals surface area (Å²) < 4.78 is 94.6. The van der Waals surface area contributed by atoms with Crippen LogP contribution < -0.4 is 0 Å². The first-order chi connectivity index (χ1) is 10.2. The van der Waals surface area contributed by atoms with Crippen molar-refractivity contribution < 1.29 is 82.9 Å². The number of hydrogen-bond acceptors (Lipinski definition) is 15. The Labute approximate surface area is 153 Å². The van der Waals surface area contributed by atoms with Crippen LogP contribution >= 0.6 is 0 Å². The summed E-state index contributed by atoms with van der Waals surface area (Å²) in [6.45, 7) is 2.49. The molecule has 149 valence electrons. The maximum Gasteiger partial charge on any atom is 3.00 e. The molecule has 0 fully saturated rings. The zero-order valence-corrected chi connectivity index (χ0v) is 15.8. The van der Waals surface area contributed by atoms with Gasteiger partial charge in [0, 0.05) is 20.8 Å². The van der Waals surface area contributed by atoms with Gasteiger partial charge in [0.15, 0.2) is 0 Å².